The molecule has 1 aliphatic heterocycles. The largest absolute Gasteiger partial charge is 0.328 e. The van der Waals surface area contributed by atoms with Gasteiger partial charge in [-0.3, -0.25) is 0 Å². The number of nitrogens with two attached hydrogens (primary N) is 1. The van der Waals surface area contributed by atoms with Crippen LogP contribution < -0.4 is 5.73 Å². The number of hydrogen-bond donors (Lipinski definition) is 1. The summed E-state index contributed by atoms with van der Waals surface area (Å²) in [6.45, 7) is 2.34. The minimum Gasteiger partial charge on any atom is -0.328 e. The summed E-state index contributed by atoms with van der Waals surface area (Å²) in [6.07, 6.45) is 5.19. The highest BCUT2D eigenvalue weighted by Crippen LogP contribution is 2.37. The maximum atomic E-state index is 5.96. The van der Waals surface area contributed by atoms with Gasteiger partial charge in [0.15, 0.2) is 0 Å². The van der Waals surface area contributed by atoms with E-state index in [0.717, 1.165) is 18.0 Å². The molecule has 1 aliphatic carbocycles. The summed E-state index contributed by atoms with van der Waals surface area (Å²) in [5, 5.41) is 0. The molecule has 2 nitrogen and oxygen atoms in total. The van der Waals surface area contributed by atoms with Crippen LogP contribution in [0.3, 0.4) is 0 Å². The lowest BCUT2D eigenvalue weighted by Gasteiger charge is -2.33. The average Bonchev–Trinajstić information content (AvgIpc) is 2.28. The lowest BCUT2D eigenvalue weighted by Crippen LogP contribution is -2.39. The van der Waals surface area contributed by atoms with Crippen molar-refractivity contribution < 1.29 is 0 Å². The molecular formula is C10H20N2. The van der Waals surface area contributed by atoms with E-state index in [1.807, 2.05) is 0 Å². The van der Waals surface area contributed by atoms with Crippen molar-refractivity contribution in [2.75, 3.05) is 7.05 Å². The Kier molecular flexibility index (Phi) is 2.13. The zero-order valence-corrected chi connectivity index (χ0v) is 8.16. The lowest BCUT2D eigenvalue weighted by molar-refractivity contribution is 0.182. The molecule has 0 radical (unpaired) electrons. The van der Waals surface area contributed by atoms with Gasteiger partial charge in [0.2, 0.25) is 0 Å². The highest BCUT2D eigenvalue weighted by Gasteiger charge is 2.39. The standard InChI is InChI=1S/C10H20N2/c1-7-5-8-6-9(11)3-4-10(8)12(7)2/h7-10H,3-6,11H2,1-2H3. The maximum Gasteiger partial charge on any atom is 0.0125 e. The fourth-order valence-corrected chi connectivity index (χ4v) is 3.01. The molecular weight excluding hydrogens is 148 g/mol. The van der Waals surface area contributed by atoms with Gasteiger partial charge in [-0.2, -0.15) is 0 Å². The van der Waals surface area contributed by atoms with E-state index in [4.69, 9.17) is 5.73 Å². The Bertz CT molecular complexity index is 167. The zero-order chi connectivity index (χ0) is 8.72. The van der Waals surface area contributed by atoms with Crippen molar-refractivity contribution >= 4 is 0 Å². The Hall–Kier alpha value is -0.0800. The first-order chi connectivity index (χ1) is 5.68. The van der Waals surface area contributed by atoms with Crippen LogP contribution in [-0.4, -0.2) is 30.1 Å². The summed E-state index contributed by atoms with van der Waals surface area (Å²) >= 11 is 0. The highest BCUT2D eigenvalue weighted by molar-refractivity contribution is 4.95. The third-order valence-electron chi connectivity index (χ3n) is 3.85. The van der Waals surface area contributed by atoms with E-state index in [0.29, 0.717) is 6.04 Å². The van der Waals surface area contributed by atoms with Crippen LogP contribution >= 0.6 is 0 Å². The molecule has 12 heavy (non-hydrogen) atoms. The summed E-state index contributed by atoms with van der Waals surface area (Å²) in [5.41, 5.74) is 5.96. The van der Waals surface area contributed by atoms with Gasteiger partial charge in [0, 0.05) is 18.1 Å². The van der Waals surface area contributed by atoms with Gasteiger partial charge in [-0.1, -0.05) is 0 Å². The maximum absolute atomic E-state index is 5.96. The van der Waals surface area contributed by atoms with Gasteiger partial charge in [0.1, 0.15) is 0 Å². The fraction of sp³-hybridized carbons (Fsp3) is 1.00. The van der Waals surface area contributed by atoms with Crippen LogP contribution in [0.5, 0.6) is 0 Å². The molecule has 4 unspecified atom stereocenters. The number of nitrogens with zero attached hydrogens (tertiary/aromatic N) is 1. The molecule has 1 saturated heterocycles. The summed E-state index contributed by atoms with van der Waals surface area (Å²) in [5.74, 6) is 0.897. The second-order valence-corrected chi connectivity index (χ2v) is 4.65. The van der Waals surface area contributed by atoms with Gasteiger partial charge in [0.05, 0.1) is 0 Å². The van der Waals surface area contributed by atoms with Crippen LogP contribution in [-0.2, 0) is 0 Å². The van der Waals surface area contributed by atoms with Gasteiger partial charge in [-0.25, -0.2) is 0 Å². The first-order valence-electron chi connectivity index (χ1n) is 5.16. The lowest BCUT2D eigenvalue weighted by atomic mass is 9.82. The van der Waals surface area contributed by atoms with E-state index in [2.05, 4.69) is 18.9 Å². The molecule has 0 amide bonds. The summed E-state index contributed by atoms with van der Waals surface area (Å²) < 4.78 is 0. The van der Waals surface area contributed by atoms with Crippen LogP contribution in [0.2, 0.25) is 0 Å². The van der Waals surface area contributed by atoms with Crippen LogP contribution in [0.4, 0.5) is 0 Å². The van der Waals surface area contributed by atoms with Gasteiger partial charge < -0.3 is 10.6 Å². The fourth-order valence-electron chi connectivity index (χ4n) is 3.01. The van der Waals surface area contributed by atoms with Crippen molar-refractivity contribution in [2.24, 2.45) is 11.7 Å². The van der Waals surface area contributed by atoms with Crippen molar-refractivity contribution in [3.05, 3.63) is 0 Å². The van der Waals surface area contributed by atoms with E-state index >= 15 is 0 Å². The summed E-state index contributed by atoms with van der Waals surface area (Å²) in [6, 6.07) is 2.12. The molecule has 0 aromatic rings. The monoisotopic (exact) mass is 168 g/mol. The summed E-state index contributed by atoms with van der Waals surface area (Å²) in [7, 11) is 2.27. The smallest absolute Gasteiger partial charge is 0.0125 e. The predicted octanol–water partition coefficient (Wildman–Crippen LogP) is 1.21. The van der Waals surface area contributed by atoms with E-state index in [-0.39, 0.29) is 0 Å². The highest BCUT2D eigenvalue weighted by atomic mass is 15.2. The van der Waals surface area contributed by atoms with E-state index in [1.165, 1.54) is 25.7 Å². The van der Waals surface area contributed by atoms with Crippen molar-refractivity contribution in [3.63, 3.8) is 0 Å². The quantitative estimate of drug-likeness (QED) is 0.589. The Balaban J connectivity index is 2.04. The molecule has 1 heterocycles. The molecule has 2 rings (SSSR count). The first-order valence-corrected chi connectivity index (χ1v) is 5.16. The molecule has 2 heteroatoms. The number of rotatable bonds is 0. The Morgan fingerprint density at radius 2 is 2.00 bits per heavy atom. The summed E-state index contributed by atoms with van der Waals surface area (Å²) in [4.78, 5) is 2.55. The normalized spacial score (nSPS) is 49.2. The van der Waals surface area contributed by atoms with Crippen LogP contribution in [0, 0.1) is 5.92 Å². The van der Waals surface area contributed by atoms with Crippen LogP contribution in [0.1, 0.15) is 32.6 Å². The average molecular weight is 168 g/mol. The topological polar surface area (TPSA) is 29.3 Å². The van der Waals surface area contributed by atoms with Gasteiger partial charge in [-0.05, 0) is 45.6 Å². The Morgan fingerprint density at radius 1 is 1.25 bits per heavy atom. The Labute approximate surface area is 75.1 Å². The molecule has 70 valence electrons. The third kappa shape index (κ3) is 1.27. The second-order valence-electron chi connectivity index (χ2n) is 4.65. The molecule has 0 aromatic carbocycles. The van der Waals surface area contributed by atoms with E-state index in [9.17, 15) is 0 Å². The molecule has 0 spiro atoms. The Morgan fingerprint density at radius 3 is 2.75 bits per heavy atom. The molecule has 0 aromatic heterocycles. The molecule has 2 aliphatic rings. The molecule has 2 N–H and O–H groups in total. The van der Waals surface area contributed by atoms with E-state index in [1.54, 1.807) is 0 Å². The minimum atomic E-state index is 0.491. The first kappa shape index (κ1) is 8.52. The second kappa shape index (κ2) is 3.00. The number of hydrogen-bond acceptors (Lipinski definition) is 2. The van der Waals surface area contributed by atoms with Gasteiger partial charge >= 0.3 is 0 Å². The van der Waals surface area contributed by atoms with Crippen molar-refractivity contribution in [3.8, 4) is 0 Å². The third-order valence-corrected chi connectivity index (χ3v) is 3.85. The predicted molar refractivity (Wildman–Crippen MR) is 50.9 cm³/mol. The number of likely N-dealkylation sites (tertiary alicyclic amines) is 1. The number of fused-ring (bicyclic) bond motifs is 1. The van der Waals surface area contributed by atoms with Gasteiger partial charge in [-0.15, -0.1) is 0 Å². The zero-order valence-electron chi connectivity index (χ0n) is 8.16. The molecule has 2 fully saturated rings. The van der Waals surface area contributed by atoms with Crippen molar-refractivity contribution in [1.82, 2.24) is 4.90 Å². The minimum absolute atomic E-state index is 0.491. The van der Waals surface area contributed by atoms with Crippen molar-refractivity contribution in [2.45, 2.75) is 50.7 Å². The van der Waals surface area contributed by atoms with E-state index < -0.39 is 0 Å². The van der Waals surface area contributed by atoms with Gasteiger partial charge in [0.25, 0.3) is 0 Å². The molecule has 1 saturated carbocycles. The molecule has 4 atom stereocenters. The van der Waals surface area contributed by atoms with Crippen molar-refractivity contribution in [1.29, 1.82) is 0 Å². The van der Waals surface area contributed by atoms with Crippen LogP contribution in [0.15, 0.2) is 0 Å². The van der Waals surface area contributed by atoms with Crippen LogP contribution in [0.25, 0.3) is 0 Å². The molecule has 0 bridgehead atoms. The SMILES string of the molecule is CC1CC2CC(N)CCC2N1C.